The van der Waals surface area contributed by atoms with Crippen molar-refractivity contribution in [2.45, 2.75) is 59.2 Å². The van der Waals surface area contributed by atoms with Crippen LogP contribution in [0.15, 0.2) is 0 Å². The molecule has 0 saturated carbocycles. The summed E-state index contributed by atoms with van der Waals surface area (Å²) in [5.41, 5.74) is -0.366. The molecule has 0 aromatic carbocycles. The minimum Gasteiger partial charge on any atom is -0.441 e. The Balaban J connectivity index is 2.99. The Kier molecular flexibility index (Phi) is 2.79. The quantitative estimate of drug-likeness (QED) is 0.684. The van der Waals surface area contributed by atoms with Gasteiger partial charge in [-0.1, -0.05) is 13.8 Å². The van der Waals surface area contributed by atoms with Gasteiger partial charge in [-0.25, -0.2) is 4.79 Å². The number of carbonyl (C=O) groups excluding carboxylic acids is 1. The summed E-state index contributed by atoms with van der Waals surface area (Å²) in [6.07, 6.45) is -0.177. The molecule has 0 aromatic heterocycles. The molecular formula is C11H21NO2. The second-order valence-corrected chi connectivity index (χ2v) is 5.16. The molecule has 0 bridgehead atoms. The van der Waals surface area contributed by atoms with E-state index in [4.69, 9.17) is 4.74 Å². The molecule has 1 atom stereocenters. The van der Waals surface area contributed by atoms with Gasteiger partial charge in [-0.15, -0.1) is 0 Å². The third-order valence-corrected chi connectivity index (χ3v) is 2.76. The number of carbonyl (C=O) groups is 1. The Morgan fingerprint density at radius 2 is 1.79 bits per heavy atom. The van der Waals surface area contributed by atoms with Crippen LogP contribution in [0.5, 0.6) is 0 Å². The molecule has 3 nitrogen and oxygen atoms in total. The summed E-state index contributed by atoms with van der Waals surface area (Å²) in [6.45, 7) is 12.3. The SMILES string of the molecule is CC(C)[C@@H]1N(C(C)C)C(=O)OC1(C)C. The highest BCUT2D eigenvalue weighted by molar-refractivity contribution is 5.71. The fourth-order valence-electron chi connectivity index (χ4n) is 2.44. The minimum absolute atomic E-state index is 0.176. The number of rotatable bonds is 2. The van der Waals surface area contributed by atoms with Gasteiger partial charge in [-0.05, 0) is 33.6 Å². The second-order valence-electron chi connectivity index (χ2n) is 5.16. The molecule has 3 heteroatoms. The van der Waals surface area contributed by atoms with Crippen LogP contribution in [0.2, 0.25) is 0 Å². The van der Waals surface area contributed by atoms with Crippen LogP contribution < -0.4 is 0 Å². The predicted octanol–water partition coefficient (Wildman–Crippen LogP) is 2.65. The highest BCUT2D eigenvalue weighted by Crippen LogP contribution is 2.35. The van der Waals surface area contributed by atoms with E-state index in [0.29, 0.717) is 5.92 Å². The molecule has 0 aromatic rings. The lowest BCUT2D eigenvalue weighted by Gasteiger charge is -2.34. The summed E-state index contributed by atoms with van der Waals surface area (Å²) in [6, 6.07) is 0.381. The van der Waals surface area contributed by atoms with Gasteiger partial charge in [0.15, 0.2) is 0 Å². The molecule has 1 aliphatic rings. The molecule has 0 N–H and O–H groups in total. The van der Waals surface area contributed by atoms with Crippen molar-refractivity contribution >= 4 is 6.09 Å². The molecule has 1 fully saturated rings. The fourth-order valence-corrected chi connectivity index (χ4v) is 2.44. The second kappa shape index (κ2) is 3.44. The molecule has 0 aliphatic carbocycles. The van der Waals surface area contributed by atoms with E-state index in [1.54, 1.807) is 0 Å². The van der Waals surface area contributed by atoms with Crippen molar-refractivity contribution in [1.82, 2.24) is 4.90 Å². The highest BCUT2D eigenvalue weighted by atomic mass is 16.6. The van der Waals surface area contributed by atoms with Crippen molar-refractivity contribution in [3.05, 3.63) is 0 Å². The van der Waals surface area contributed by atoms with E-state index in [1.807, 2.05) is 32.6 Å². The molecule has 1 heterocycles. The zero-order chi connectivity index (χ0) is 11.1. The van der Waals surface area contributed by atoms with Crippen molar-refractivity contribution in [2.24, 2.45) is 5.92 Å². The van der Waals surface area contributed by atoms with E-state index in [1.165, 1.54) is 0 Å². The first kappa shape index (κ1) is 11.3. The van der Waals surface area contributed by atoms with Crippen LogP contribution in [0.4, 0.5) is 4.79 Å². The predicted molar refractivity (Wildman–Crippen MR) is 56.2 cm³/mol. The molecule has 1 aliphatic heterocycles. The summed E-state index contributed by atoms with van der Waals surface area (Å²) in [4.78, 5) is 13.5. The maximum Gasteiger partial charge on any atom is 0.411 e. The van der Waals surface area contributed by atoms with Crippen LogP contribution in [-0.4, -0.2) is 28.7 Å². The molecule has 1 rings (SSSR count). The van der Waals surface area contributed by atoms with E-state index in [2.05, 4.69) is 13.8 Å². The van der Waals surface area contributed by atoms with E-state index >= 15 is 0 Å². The highest BCUT2D eigenvalue weighted by Gasteiger charge is 2.49. The molecule has 82 valence electrons. The van der Waals surface area contributed by atoms with Gasteiger partial charge < -0.3 is 4.74 Å². The summed E-state index contributed by atoms with van der Waals surface area (Å²) in [5, 5.41) is 0. The van der Waals surface area contributed by atoms with E-state index < -0.39 is 0 Å². The Morgan fingerprint density at radius 1 is 1.29 bits per heavy atom. The fraction of sp³-hybridized carbons (Fsp3) is 0.909. The van der Waals surface area contributed by atoms with Gasteiger partial charge in [-0.3, -0.25) is 4.90 Å². The zero-order valence-corrected chi connectivity index (χ0v) is 10.00. The first-order valence-corrected chi connectivity index (χ1v) is 5.28. The van der Waals surface area contributed by atoms with Crippen molar-refractivity contribution < 1.29 is 9.53 Å². The summed E-state index contributed by atoms with van der Waals surface area (Å²) >= 11 is 0. The lowest BCUT2D eigenvalue weighted by molar-refractivity contribution is 0.0537. The molecule has 1 saturated heterocycles. The van der Waals surface area contributed by atoms with Crippen LogP contribution >= 0.6 is 0 Å². The van der Waals surface area contributed by atoms with Crippen molar-refractivity contribution in [1.29, 1.82) is 0 Å². The van der Waals surface area contributed by atoms with Crippen molar-refractivity contribution in [2.75, 3.05) is 0 Å². The molecule has 14 heavy (non-hydrogen) atoms. The zero-order valence-electron chi connectivity index (χ0n) is 10.00. The first-order valence-electron chi connectivity index (χ1n) is 5.28. The topological polar surface area (TPSA) is 29.5 Å². The number of ether oxygens (including phenoxy) is 1. The molecule has 0 unspecified atom stereocenters. The number of nitrogens with zero attached hydrogens (tertiary/aromatic N) is 1. The van der Waals surface area contributed by atoms with Gasteiger partial charge in [0.2, 0.25) is 0 Å². The van der Waals surface area contributed by atoms with Crippen molar-refractivity contribution in [3.63, 3.8) is 0 Å². The van der Waals surface area contributed by atoms with Crippen LogP contribution in [0, 0.1) is 5.92 Å². The summed E-state index contributed by atoms with van der Waals surface area (Å²) < 4.78 is 5.38. The normalized spacial score (nSPS) is 26.1. The average Bonchev–Trinajstić information content (AvgIpc) is 2.19. The smallest absolute Gasteiger partial charge is 0.411 e. The largest absolute Gasteiger partial charge is 0.441 e. The minimum atomic E-state index is -0.366. The lowest BCUT2D eigenvalue weighted by atomic mass is 9.88. The number of amides is 1. The van der Waals surface area contributed by atoms with Gasteiger partial charge in [0, 0.05) is 6.04 Å². The standard InChI is InChI=1S/C11H21NO2/c1-7(2)9-11(5,6)14-10(13)12(9)8(3)4/h7-9H,1-6H3/t9-/m0/s1. The number of cyclic esters (lactones) is 1. The average molecular weight is 199 g/mol. The first-order chi connectivity index (χ1) is 6.27. The monoisotopic (exact) mass is 199 g/mol. The molecule has 0 radical (unpaired) electrons. The molecule has 1 amide bonds. The third kappa shape index (κ3) is 1.72. The van der Waals surface area contributed by atoms with Crippen molar-refractivity contribution in [3.8, 4) is 0 Å². The number of hydrogen-bond donors (Lipinski definition) is 0. The molecular weight excluding hydrogens is 178 g/mol. The Bertz CT molecular complexity index is 233. The van der Waals surface area contributed by atoms with E-state index in [9.17, 15) is 4.79 Å². The van der Waals surface area contributed by atoms with Crippen LogP contribution in [0.3, 0.4) is 0 Å². The third-order valence-electron chi connectivity index (χ3n) is 2.76. The Labute approximate surface area is 86.4 Å². The van der Waals surface area contributed by atoms with Gasteiger partial charge >= 0.3 is 6.09 Å². The van der Waals surface area contributed by atoms with Crippen LogP contribution in [-0.2, 0) is 4.74 Å². The maximum absolute atomic E-state index is 11.6. The number of hydrogen-bond acceptors (Lipinski definition) is 2. The lowest BCUT2D eigenvalue weighted by Crippen LogP contribution is -2.48. The van der Waals surface area contributed by atoms with E-state index in [0.717, 1.165) is 0 Å². The van der Waals surface area contributed by atoms with Gasteiger partial charge in [0.05, 0.1) is 6.04 Å². The van der Waals surface area contributed by atoms with E-state index in [-0.39, 0.29) is 23.8 Å². The van der Waals surface area contributed by atoms with Gasteiger partial charge in [-0.2, -0.15) is 0 Å². The molecule has 0 spiro atoms. The van der Waals surface area contributed by atoms with Crippen LogP contribution in [0.1, 0.15) is 41.5 Å². The van der Waals surface area contributed by atoms with Crippen LogP contribution in [0.25, 0.3) is 0 Å². The Hall–Kier alpha value is -0.730. The summed E-state index contributed by atoms with van der Waals surface area (Å²) in [7, 11) is 0. The summed E-state index contributed by atoms with van der Waals surface area (Å²) in [5.74, 6) is 0.416. The Morgan fingerprint density at radius 3 is 2.07 bits per heavy atom. The van der Waals surface area contributed by atoms with Gasteiger partial charge in [0.25, 0.3) is 0 Å². The van der Waals surface area contributed by atoms with Gasteiger partial charge in [0.1, 0.15) is 5.60 Å². The maximum atomic E-state index is 11.6.